The number of rotatable bonds is 3. The summed E-state index contributed by atoms with van der Waals surface area (Å²) in [5.74, 6) is -0.599. The second-order valence-corrected chi connectivity index (χ2v) is 3.43. The summed E-state index contributed by atoms with van der Waals surface area (Å²) in [5, 5.41) is 8.66. The van der Waals surface area contributed by atoms with Crippen molar-refractivity contribution in [2.24, 2.45) is 0 Å². The third-order valence-electron chi connectivity index (χ3n) is 2.33. The van der Waals surface area contributed by atoms with Crippen LogP contribution in [0.4, 0.5) is 0 Å². The first-order valence-electron chi connectivity index (χ1n) is 4.88. The van der Waals surface area contributed by atoms with Gasteiger partial charge in [-0.25, -0.2) is 4.98 Å². The van der Waals surface area contributed by atoms with Crippen LogP contribution >= 0.6 is 0 Å². The van der Waals surface area contributed by atoms with Gasteiger partial charge in [0.25, 0.3) is 5.56 Å². The Kier molecular flexibility index (Phi) is 2.78. The SMILES string of the molecule is COc1cccn2c(=O)c(CC(=O)O)cnc12. The Bertz CT molecular complexity index is 633. The molecule has 0 unspecified atom stereocenters. The number of pyridine rings is 1. The van der Waals surface area contributed by atoms with Crippen molar-refractivity contribution in [1.29, 1.82) is 0 Å². The molecule has 0 fully saturated rings. The van der Waals surface area contributed by atoms with Gasteiger partial charge in [0.15, 0.2) is 11.4 Å². The van der Waals surface area contributed by atoms with Crippen molar-refractivity contribution in [2.75, 3.05) is 7.11 Å². The Labute approximate surface area is 96.1 Å². The van der Waals surface area contributed by atoms with Gasteiger partial charge in [0.1, 0.15) is 0 Å². The molecule has 2 heterocycles. The van der Waals surface area contributed by atoms with Crippen molar-refractivity contribution >= 4 is 11.6 Å². The van der Waals surface area contributed by atoms with Gasteiger partial charge in [-0.3, -0.25) is 14.0 Å². The molecule has 0 saturated heterocycles. The number of hydrogen-bond acceptors (Lipinski definition) is 4. The number of ether oxygens (including phenoxy) is 1. The molecule has 0 saturated carbocycles. The second kappa shape index (κ2) is 4.25. The number of fused-ring (bicyclic) bond motifs is 1. The number of carbonyl (C=O) groups is 1. The summed E-state index contributed by atoms with van der Waals surface area (Å²) in [6.45, 7) is 0. The van der Waals surface area contributed by atoms with Crippen LogP contribution in [-0.4, -0.2) is 27.6 Å². The quantitative estimate of drug-likeness (QED) is 0.827. The summed E-state index contributed by atoms with van der Waals surface area (Å²) in [7, 11) is 1.48. The van der Waals surface area contributed by atoms with E-state index in [2.05, 4.69) is 4.98 Å². The van der Waals surface area contributed by atoms with E-state index in [4.69, 9.17) is 9.84 Å². The maximum atomic E-state index is 11.9. The lowest BCUT2D eigenvalue weighted by Crippen LogP contribution is -2.21. The number of methoxy groups -OCH3 is 1. The van der Waals surface area contributed by atoms with Gasteiger partial charge in [0, 0.05) is 18.0 Å². The van der Waals surface area contributed by atoms with Crippen molar-refractivity contribution in [1.82, 2.24) is 9.38 Å². The molecule has 1 N–H and O–H groups in total. The molecule has 2 rings (SSSR count). The fourth-order valence-electron chi connectivity index (χ4n) is 1.56. The van der Waals surface area contributed by atoms with Gasteiger partial charge in [-0.15, -0.1) is 0 Å². The largest absolute Gasteiger partial charge is 0.493 e. The molecule has 0 amide bonds. The highest BCUT2D eigenvalue weighted by molar-refractivity contribution is 5.70. The highest BCUT2D eigenvalue weighted by Gasteiger charge is 2.10. The van der Waals surface area contributed by atoms with E-state index in [1.165, 1.54) is 23.9 Å². The van der Waals surface area contributed by atoms with Gasteiger partial charge in [-0.05, 0) is 12.1 Å². The minimum Gasteiger partial charge on any atom is -0.493 e. The topological polar surface area (TPSA) is 80.9 Å². The minimum atomic E-state index is -1.06. The zero-order chi connectivity index (χ0) is 12.4. The minimum absolute atomic E-state index is 0.142. The zero-order valence-corrected chi connectivity index (χ0v) is 9.08. The standard InChI is InChI=1S/C11H10N2O4/c1-17-8-3-2-4-13-10(8)12-6-7(11(13)16)5-9(14)15/h2-4,6H,5H2,1H3,(H,14,15). The van der Waals surface area contributed by atoms with E-state index in [-0.39, 0.29) is 12.0 Å². The fraction of sp³-hybridized carbons (Fsp3) is 0.182. The number of nitrogens with zero attached hydrogens (tertiary/aromatic N) is 2. The van der Waals surface area contributed by atoms with Crippen LogP contribution in [0.2, 0.25) is 0 Å². The Morgan fingerprint density at radius 3 is 3.00 bits per heavy atom. The Morgan fingerprint density at radius 1 is 1.59 bits per heavy atom. The van der Waals surface area contributed by atoms with Crippen LogP contribution in [0.3, 0.4) is 0 Å². The predicted octanol–water partition coefficient (Wildman–Crippen LogP) is 0.330. The summed E-state index contributed by atoms with van der Waals surface area (Å²) < 4.78 is 6.34. The Morgan fingerprint density at radius 2 is 2.35 bits per heavy atom. The van der Waals surface area contributed by atoms with Crippen LogP contribution in [0.5, 0.6) is 5.75 Å². The van der Waals surface area contributed by atoms with E-state index in [0.717, 1.165) is 0 Å². The number of aliphatic carboxylic acids is 1. The zero-order valence-electron chi connectivity index (χ0n) is 9.08. The van der Waals surface area contributed by atoms with E-state index in [0.29, 0.717) is 11.4 Å². The van der Waals surface area contributed by atoms with Gasteiger partial charge in [0.05, 0.1) is 13.5 Å². The van der Waals surface area contributed by atoms with Crippen molar-refractivity contribution < 1.29 is 14.6 Å². The lowest BCUT2D eigenvalue weighted by Gasteiger charge is -2.06. The summed E-state index contributed by atoms with van der Waals surface area (Å²) in [5.41, 5.74) is 0.119. The highest BCUT2D eigenvalue weighted by Crippen LogP contribution is 2.14. The molecular formula is C11H10N2O4. The monoisotopic (exact) mass is 234 g/mol. The van der Waals surface area contributed by atoms with Crippen molar-refractivity contribution in [3.63, 3.8) is 0 Å². The maximum absolute atomic E-state index is 11.9. The molecular weight excluding hydrogens is 224 g/mol. The third kappa shape index (κ3) is 1.96. The number of carboxylic acid groups (broad SMARTS) is 1. The molecule has 0 aliphatic rings. The van der Waals surface area contributed by atoms with E-state index < -0.39 is 11.5 Å². The molecule has 0 spiro atoms. The summed E-state index contributed by atoms with van der Waals surface area (Å²) >= 11 is 0. The van der Waals surface area contributed by atoms with Crippen LogP contribution < -0.4 is 10.3 Å². The molecule has 0 aromatic carbocycles. The van der Waals surface area contributed by atoms with Crippen LogP contribution in [0.1, 0.15) is 5.56 Å². The Hall–Kier alpha value is -2.37. The van der Waals surface area contributed by atoms with Gasteiger partial charge in [0.2, 0.25) is 0 Å². The molecule has 0 radical (unpaired) electrons. The van der Waals surface area contributed by atoms with Crippen molar-refractivity contribution in [2.45, 2.75) is 6.42 Å². The first kappa shape index (κ1) is 11.1. The molecule has 0 aliphatic heterocycles. The van der Waals surface area contributed by atoms with Gasteiger partial charge in [-0.1, -0.05) is 0 Å². The number of carboxylic acids is 1. The van der Waals surface area contributed by atoms with E-state index >= 15 is 0 Å². The molecule has 17 heavy (non-hydrogen) atoms. The summed E-state index contributed by atoms with van der Waals surface area (Å²) in [6.07, 6.45) is 2.46. The van der Waals surface area contributed by atoms with Crippen molar-refractivity contribution in [3.05, 3.63) is 40.4 Å². The first-order chi connectivity index (χ1) is 8.13. The van der Waals surface area contributed by atoms with Crippen LogP contribution in [0, 0.1) is 0 Å². The normalized spacial score (nSPS) is 10.4. The van der Waals surface area contributed by atoms with Crippen LogP contribution in [-0.2, 0) is 11.2 Å². The highest BCUT2D eigenvalue weighted by atomic mass is 16.5. The van der Waals surface area contributed by atoms with Gasteiger partial charge < -0.3 is 9.84 Å². The summed E-state index contributed by atoms with van der Waals surface area (Å²) in [4.78, 5) is 26.6. The lowest BCUT2D eigenvalue weighted by atomic mass is 10.2. The smallest absolute Gasteiger partial charge is 0.308 e. The van der Waals surface area contributed by atoms with Gasteiger partial charge >= 0.3 is 5.97 Å². The molecule has 0 aliphatic carbocycles. The van der Waals surface area contributed by atoms with E-state index in [1.807, 2.05) is 0 Å². The molecule has 6 nitrogen and oxygen atoms in total. The van der Waals surface area contributed by atoms with Crippen LogP contribution in [0.15, 0.2) is 29.3 Å². The van der Waals surface area contributed by atoms with E-state index in [9.17, 15) is 9.59 Å². The molecule has 2 aromatic heterocycles. The van der Waals surface area contributed by atoms with Gasteiger partial charge in [-0.2, -0.15) is 0 Å². The van der Waals surface area contributed by atoms with E-state index in [1.54, 1.807) is 12.1 Å². The molecule has 0 bridgehead atoms. The molecule has 88 valence electrons. The third-order valence-corrected chi connectivity index (χ3v) is 2.33. The number of aromatic nitrogens is 2. The van der Waals surface area contributed by atoms with Crippen molar-refractivity contribution in [3.8, 4) is 5.75 Å². The summed E-state index contributed by atoms with van der Waals surface area (Å²) in [6, 6.07) is 3.32. The average Bonchev–Trinajstić information content (AvgIpc) is 2.31. The molecule has 6 heteroatoms. The lowest BCUT2D eigenvalue weighted by molar-refractivity contribution is -0.136. The van der Waals surface area contributed by atoms with Crippen LogP contribution in [0.25, 0.3) is 5.65 Å². The second-order valence-electron chi connectivity index (χ2n) is 3.43. The molecule has 2 aromatic rings. The molecule has 0 atom stereocenters. The first-order valence-corrected chi connectivity index (χ1v) is 4.88. The number of hydrogen-bond donors (Lipinski definition) is 1. The average molecular weight is 234 g/mol. The fourth-order valence-corrected chi connectivity index (χ4v) is 1.56. The maximum Gasteiger partial charge on any atom is 0.308 e. The Balaban J connectivity index is 2.68. The predicted molar refractivity (Wildman–Crippen MR) is 59.4 cm³/mol.